The normalized spacial score (nSPS) is 22.3. The monoisotopic (exact) mass is 442 g/mol. The van der Waals surface area contributed by atoms with E-state index in [9.17, 15) is 0 Å². The Hall–Kier alpha value is -2.35. The number of fused-ring (bicyclic) bond motifs is 3. The van der Waals surface area contributed by atoms with E-state index in [0.29, 0.717) is 17.7 Å². The number of benzene rings is 2. The first-order valence-electron chi connectivity index (χ1n) is 14.7. The van der Waals surface area contributed by atoms with E-state index in [1.807, 2.05) is 12.1 Å². The number of rotatable bonds is 3. The van der Waals surface area contributed by atoms with Crippen molar-refractivity contribution in [3.63, 3.8) is 0 Å². The summed E-state index contributed by atoms with van der Waals surface area (Å²) >= 11 is 0. The lowest BCUT2D eigenvalue weighted by Crippen LogP contribution is -2.47. The lowest BCUT2D eigenvalue weighted by Gasteiger charge is -2.46. The maximum atomic E-state index is 8.77. The van der Waals surface area contributed by atoms with Crippen molar-refractivity contribution in [2.24, 2.45) is 11.8 Å². The van der Waals surface area contributed by atoms with Crippen LogP contribution in [-0.4, -0.2) is 4.57 Å². The fraction of sp³-hybridized carbons (Fsp3) is 0.516. The van der Waals surface area contributed by atoms with Gasteiger partial charge in [0.1, 0.15) is 17.1 Å². The molecule has 3 aliphatic rings. The molecular weight excluding hydrogens is 400 g/mol. The van der Waals surface area contributed by atoms with E-state index in [1.54, 1.807) is 0 Å². The SMILES string of the molecule is [2H]C([2H])([2H])c1n(-c2ccccc2C)c(C)c2[n+]1-c1ccccc1C2(C1CCCCC1)C1CCCCC1. The highest BCUT2D eigenvalue weighted by atomic mass is 15.2. The molecule has 6 rings (SSSR count). The summed E-state index contributed by atoms with van der Waals surface area (Å²) in [5.41, 5.74) is 6.86. The second-order valence-corrected chi connectivity index (χ2v) is 10.8. The molecule has 33 heavy (non-hydrogen) atoms. The number of nitrogens with zero attached hydrogens (tertiary/aromatic N) is 2. The standard InChI is InChI=1S/C31H39N2/c1-22-14-10-12-20-28(22)32-23(2)30-31(25-15-6-4-7-16-25,26-17-8-5-9-18-26)27-19-11-13-21-29(27)33(30)24(32)3/h10-14,19-21,25-26H,4-9,15-18H2,1-3H3/q+1/i3D3. The van der Waals surface area contributed by atoms with E-state index in [1.165, 1.54) is 75.5 Å². The molecule has 0 saturated heterocycles. The summed E-state index contributed by atoms with van der Waals surface area (Å²) in [4.78, 5) is 0. The van der Waals surface area contributed by atoms with Crippen molar-refractivity contribution in [3.8, 4) is 11.4 Å². The Bertz CT molecular complexity index is 1260. The molecular formula is C31H39N2+. The van der Waals surface area contributed by atoms with Crippen molar-refractivity contribution < 1.29 is 8.68 Å². The molecule has 2 fully saturated rings. The van der Waals surface area contributed by atoms with Crippen molar-refractivity contribution in [1.82, 2.24) is 4.57 Å². The first-order valence-corrected chi connectivity index (χ1v) is 13.2. The van der Waals surface area contributed by atoms with Gasteiger partial charge in [0.2, 0.25) is 0 Å². The molecule has 0 bridgehead atoms. The molecule has 3 aromatic rings. The van der Waals surface area contributed by atoms with Gasteiger partial charge in [0, 0.05) is 23.5 Å². The third kappa shape index (κ3) is 2.95. The van der Waals surface area contributed by atoms with Crippen LogP contribution in [0.2, 0.25) is 0 Å². The zero-order valence-electron chi connectivity index (χ0n) is 23.2. The summed E-state index contributed by atoms with van der Waals surface area (Å²) in [5, 5.41) is 0. The largest absolute Gasteiger partial charge is 0.264 e. The van der Waals surface area contributed by atoms with Gasteiger partial charge >= 0.3 is 0 Å². The van der Waals surface area contributed by atoms with E-state index in [-0.39, 0.29) is 5.41 Å². The van der Waals surface area contributed by atoms with Crippen molar-refractivity contribution in [1.29, 1.82) is 0 Å². The first-order chi connectivity index (χ1) is 17.4. The van der Waals surface area contributed by atoms with Crippen LogP contribution in [0.1, 0.15) is 96.7 Å². The maximum Gasteiger partial charge on any atom is 0.264 e. The quantitative estimate of drug-likeness (QED) is 0.373. The van der Waals surface area contributed by atoms with Crippen LogP contribution in [0.15, 0.2) is 48.5 Å². The highest BCUT2D eigenvalue weighted by Crippen LogP contribution is 2.58. The van der Waals surface area contributed by atoms with Crippen LogP contribution in [0.4, 0.5) is 0 Å². The third-order valence-electron chi connectivity index (χ3n) is 9.16. The van der Waals surface area contributed by atoms with Crippen LogP contribution in [0.3, 0.4) is 0 Å². The Morgan fingerprint density at radius 3 is 2.06 bits per heavy atom. The zero-order chi connectivity index (χ0) is 25.1. The van der Waals surface area contributed by atoms with Crippen molar-refractivity contribution in [2.75, 3.05) is 0 Å². The third-order valence-corrected chi connectivity index (χ3v) is 9.16. The number of imidazole rings is 1. The molecule has 2 saturated carbocycles. The highest BCUT2D eigenvalue weighted by molar-refractivity contribution is 5.54. The van der Waals surface area contributed by atoms with Gasteiger partial charge in [-0.15, -0.1) is 0 Å². The van der Waals surface area contributed by atoms with Gasteiger partial charge in [0.25, 0.3) is 5.82 Å². The molecule has 0 unspecified atom stereocenters. The van der Waals surface area contributed by atoms with E-state index >= 15 is 0 Å². The Morgan fingerprint density at radius 2 is 1.42 bits per heavy atom. The van der Waals surface area contributed by atoms with E-state index in [2.05, 4.69) is 59.4 Å². The van der Waals surface area contributed by atoms with Gasteiger partial charge < -0.3 is 0 Å². The molecule has 1 aromatic heterocycles. The molecule has 0 radical (unpaired) electrons. The van der Waals surface area contributed by atoms with E-state index < -0.39 is 6.85 Å². The summed E-state index contributed by atoms with van der Waals surface area (Å²) in [6.45, 7) is 2.05. The minimum absolute atomic E-state index is 0.116. The Kier molecular flexibility index (Phi) is 4.45. The van der Waals surface area contributed by atoms with Gasteiger partial charge in [-0.05, 0) is 62.1 Å². The predicted molar refractivity (Wildman–Crippen MR) is 135 cm³/mol. The Labute approximate surface area is 203 Å². The van der Waals surface area contributed by atoms with Crippen LogP contribution in [0, 0.1) is 32.5 Å². The molecule has 0 amide bonds. The Balaban J connectivity index is 1.75. The van der Waals surface area contributed by atoms with Crippen LogP contribution in [0.25, 0.3) is 11.4 Å². The number of para-hydroxylation sites is 2. The fourth-order valence-electron chi connectivity index (χ4n) is 7.88. The minimum atomic E-state index is -2.24. The summed E-state index contributed by atoms with van der Waals surface area (Å²) in [6, 6.07) is 17.1. The van der Waals surface area contributed by atoms with Gasteiger partial charge in [-0.1, -0.05) is 74.9 Å². The summed E-state index contributed by atoms with van der Waals surface area (Å²) in [6.07, 6.45) is 12.7. The van der Waals surface area contributed by atoms with E-state index in [4.69, 9.17) is 4.11 Å². The second kappa shape index (κ2) is 8.15. The molecule has 2 aromatic carbocycles. The van der Waals surface area contributed by atoms with Gasteiger partial charge in [0.15, 0.2) is 5.69 Å². The highest BCUT2D eigenvalue weighted by Gasteiger charge is 2.59. The molecule has 0 atom stereocenters. The average Bonchev–Trinajstić information content (AvgIpc) is 3.36. The summed E-state index contributed by atoms with van der Waals surface area (Å²) in [5.74, 6) is 1.55. The molecule has 0 spiro atoms. The Morgan fingerprint density at radius 1 is 0.818 bits per heavy atom. The van der Waals surface area contributed by atoms with Crippen LogP contribution < -0.4 is 4.57 Å². The predicted octanol–water partition coefficient (Wildman–Crippen LogP) is 7.44. The minimum Gasteiger partial charge on any atom is -0.197 e. The second-order valence-electron chi connectivity index (χ2n) is 10.8. The number of aromatic nitrogens is 2. The number of hydrogen-bond donors (Lipinski definition) is 0. The summed E-state index contributed by atoms with van der Waals surface area (Å²) in [7, 11) is 0. The average molecular weight is 443 g/mol. The molecule has 1 aliphatic heterocycles. The molecule has 2 nitrogen and oxygen atoms in total. The number of aryl methyl sites for hydroxylation is 1. The molecule has 0 N–H and O–H groups in total. The van der Waals surface area contributed by atoms with Crippen molar-refractivity contribution >= 4 is 0 Å². The van der Waals surface area contributed by atoms with E-state index in [0.717, 1.165) is 22.6 Å². The van der Waals surface area contributed by atoms with Crippen molar-refractivity contribution in [2.45, 2.75) is 90.3 Å². The zero-order valence-corrected chi connectivity index (χ0v) is 20.2. The molecule has 172 valence electrons. The maximum absolute atomic E-state index is 8.77. The molecule has 2 heterocycles. The van der Waals surface area contributed by atoms with Crippen LogP contribution in [0.5, 0.6) is 0 Å². The van der Waals surface area contributed by atoms with Crippen LogP contribution in [-0.2, 0) is 5.41 Å². The van der Waals surface area contributed by atoms with Gasteiger partial charge in [-0.2, -0.15) is 9.13 Å². The van der Waals surface area contributed by atoms with Gasteiger partial charge in [0.05, 0.1) is 5.41 Å². The first kappa shape index (κ1) is 18.0. The van der Waals surface area contributed by atoms with Gasteiger partial charge in [-0.25, -0.2) is 0 Å². The fourth-order valence-corrected chi connectivity index (χ4v) is 7.88. The molecule has 2 aliphatic carbocycles. The topological polar surface area (TPSA) is 8.81 Å². The summed E-state index contributed by atoms with van der Waals surface area (Å²) < 4.78 is 30.6. The molecule has 2 heteroatoms. The van der Waals surface area contributed by atoms with Gasteiger partial charge in [-0.3, -0.25) is 0 Å². The smallest absolute Gasteiger partial charge is 0.197 e. The van der Waals surface area contributed by atoms with Crippen LogP contribution >= 0.6 is 0 Å². The number of hydrogen-bond acceptors (Lipinski definition) is 0. The van der Waals surface area contributed by atoms with Crippen molar-refractivity contribution in [3.05, 3.63) is 76.9 Å². The lowest BCUT2D eigenvalue weighted by molar-refractivity contribution is -0.607. The lowest BCUT2D eigenvalue weighted by atomic mass is 9.55.